The predicted octanol–water partition coefficient (Wildman–Crippen LogP) is 2.36. The van der Waals surface area contributed by atoms with E-state index in [4.69, 9.17) is 16.7 Å². The van der Waals surface area contributed by atoms with Crippen molar-refractivity contribution in [3.05, 3.63) is 34.9 Å². The number of halogens is 1. The summed E-state index contributed by atoms with van der Waals surface area (Å²) in [4.78, 5) is 24.3. The molecule has 1 amide bonds. The summed E-state index contributed by atoms with van der Waals surface area (Å²) in [5.41, 5.74) is 0.678. The van der Waals surface area contributed by atoms with Crippen molar-refractivity contribution in [2.45, 2.75) is 32.7 Å². The van der Waals surface area contributed by atoms with E-state index in [1.165, 1.54) is 0 Å². The maximum atomic E-state index is 12.3. The second-order valence-corrected chi connectivity index (χ2v) is 8.19. The Bertz CT molecular complexity index is 658. The van der Waals surface area contributed by atoms with Crippen molar-refractivity contribution in [3.63, 3.8) is 0 Å². The minimum absolute atomic E-state index is 0.0206. The van der Waals surface area contributed by atoms with E-state index < -0.39 is 34.0 Å². The van der Waals surface area contributed by atoms with Crippen LogP contribution in [-0.4, -0.2) is 48.4 Å². The van der Waals surface area contributed by atoms with Crippen molar-refractivity contribution in [3.8, 4) is 0 Å². The lowest BCUT2D eigenvalue weighted by atomic mass is 10.2. The Morgan fingerprint density at radius 1 is 1.17 bits per heavy atom. The fourth-order valence-corrected chi connectivity index (χ4v) is 3.60. The number of carboxylic acid groups (broad SMARTS) is 1. The minimum atomic E-state index is -3.54. The molecule has 134 valence electrons. The number of nitrogens with zero attached hydrogens (tertiary/aromatic N) is 1. The molecular formula is C16H22ClNO5S. The van der Waals surface area contributed by atoms with E-state index in [1.807, 2.05) is 6.92 Å². The first-order valence-corrected chi connectivity index (χ1v) is 9.88. The zero-order chi connectivity index (χ0) is 18.2. The Balaban J connectivity index is 2.77. The van der Waals surface area contributed by atoms with Crippen LogP contribution < -0.4 is 0 Å². The van der Waals surface area contributed by atoms with E-state index in [1.54, 1.807) is 24.3 Å². The van der Waals surface area contributed by atoms with Gasteiger partial charge in [0, 0.05) is 11.6 Å². The van der Waals surface area contributed by atoms with Gasteiger partial charge in [0.25, 0.3) is 0 Å². The van der Waals surface area contributed by atoms with Crippen LogP contribution in [0.1, 0.15) is 31.7 Å². The fourth-order valence-electron chi connectivity index (χ4n) is 2.13. The molecular weight excluding hydrogens is 354 g/mol. The van der Waals surface area contributed by atoms with Crippen LogP contribution >= 0.6 is 11.6 Å². The van der Waals surface area contributed by atoms with E-state index in [-0.39, 0.29) is 12.3 Å². The summed E-state index contributed by atoms with van der Waals surface area (Å²) >= 11 is 5.79. The van der Waals surface area contributed by atoms with E-state index in [9.17, 15) is 18.0 Å². The van der Waals surface area contributed by atoms with Crippen molar-refractivity contribution in [1.82, 2.24) is 4.90 Å². The zero-order valence-electron chi connectivity index (χ0n) is 13.6. The van der Waals surface area contributed by atoms with Gasteiger partial charge in [-0.1, -0.05) is 43.5 Å². The molecule has 1 rings (SSSR count). The van der Waals surface area contributed by atoms with E-state index in [0.717, 1.165) is 17.7 Å². The molecule has 0 fully saturated rings. The molecule has 1 aromatic rings. The molecule has 0 aliphatic heterocycles. The highest BCUT2D eigenvalue weighted by Crippen LogP contribution is 2.12. The number of sulfone groups is 1. The second kappa shape index (κ2) is 9.64. The molecule has 0 atom stereocenters. The lowest BCUT2D eigenvalue weighted by molar-refractivity contribution is -0.143. The van der Waals surface area contributed by atoms with Gasteiger partial charge in [0.2, 0.25) is 5.91 Å². The van der Waals surface area contributed by atoms with Gasteiger partial charge in [-0.05, 0) is 24.1 Å². The summed E-state index contributed by atoms with van der Waals surface area (Å²) < 4.78 is 24.0. The van der Waals surface area contributed by atoms with Crippen molar-refractivity contribution >= 4 is 33.3 Å². The van der Waals surface area contributed by atoms with Crippen molar-refractivity contribution in [2.24, 2.45) is 0 Å². The first-order chi connectivity index (χ1) is 11.2. The normalized spacial score (nSPS) is 11.2. The summed E-state index contributed by atoms with van der Waals surface area (Å²) in [6.45, 7) is 1.43. The molecule has 1 aromatic carbocycles. The number of rotatable bonds is 10. The molecule has 0 aliphatic rings. The standard InChI is InChI=1S/C16H22ClNO5S/c1-2-3-4-9-24(22,23)12-15(19)18(11-16(20)21)10-13-5-7-14(17)8-6-13/h5-8H,2-4,9-12H2,1H3,(H,20,21). The van der Waals surface area contributed by atoms with Gasteiger partial charge in [-0.15, -0.1) is 0 Å². The number of hydrogen-bond acceptors (Lipinski definition) is 4. The zero-order valence-corrected chi connectivity index (χ0v) is 15.1. The van der Waals surface area contributed by atoms with Crippen LogP contribution in [0.2, 0.25) is 5.02 Å². The Hall–Kier alpha value is -1.60. The van der Waals surface area contributed by atoms with Gasteiger partial charge in [-0.2, -0.15) is 0 Å². The number of carboxylic acids is 1. The second-order valence-electron chi connectivity index (χ2n) is 5.57. The molecule has 1 N–H and O–H groups in total. The summed E-state index contributed by atoms with van der Waals surface area (Å²) in [6.07, 6.45) is 2.16. The lowest BCUT2D eigenvalue weighted by Gasteiger charge is -2.21. The van der Waals surface area contributed by atoms with Gasteiger partial charge >= 0.3 is 5.97 Å². The monoisotopic (exact) mass is 375 g/mol. The molecule has 0 aromatic heterocycles. The number of carbonyl (C=O) groups is 2. The van der Waals surface area contributed by atoms with Crippen LogP contribution in [0.15, 0.2) is 24.3 Å². The van der Waals surface area contributed by atoms with Gasteiger partial charge in [-0.3, -0.25) is 9.59 Å². The largest absolute Gasteiger partial charge is 0.480 e. The number of benzene rings is 1. The molecule has 6 nitrogen and oxygen atoms in total. The molecule has 0 saturated carbocycles. The summed E-state index contributed by atoms with van der Waals surface area (Å²) in [5.74, 6) is -2.63. The quantitative estimate of drug-likeness (QED) is 0.634. The molecule has 0 heterocycles. The smallest absolute Gasteiger partial charge is 0.323 e. The van der Waals surface area contributed by atoms with E-state index >= 15 is 0 Å². The van der Waals surface area contributed by atoms with Crippen LogP contribution in [-0.2, 0) is 26.0 Å². The van der Waals surface area contributed by atoms with Crippen molar-refractivity contribution in [2.75, 3.05) is 18.1 Å². The Kier molecular flexibility index (Phi) is 8.21. The first kappa shape index (κ1) is 20.4. The van der Waals surface area contributed by atoms with E-state index in [0.29, 0.717) is 17.0 Å². The number of hydrogen-bond donors (Lipinski definition) is 1. The molecule has 24 heavy (non-hydrogen) atoms. The van der Waals surface area contributed by atoms with Gasteiger partial charge in [0.05, 0.1) is 5.75 Å². The van der Waals surface area contributed by atoms with Gasteiger partial charge in [-0.25, -0.2) is 8.42 Å². The number of aliphatic carboxylic acids is 1. The highest BCUT2D eigenvalue weighted by Gasteiger charge is 2.23. The van der Waals surface area contributed by atoms with Crippen LogP contribution in [0, 0.1) is 0 Å². The van der Waals surface area contributed by atoms with Crippen LogP contribution in [0.5, 0.6) is 0 Å². The predicted molar refractivity (Wildman–Crippen MR) is 92.7 cm³/mol. The highest BCUT2D eigenvalue weighted by atomic mass is 35.5. The molecule has 0 unspecified atom stereocenters. The van der Waals surface area contributed by atoms with Crippen LogP contribution in [0.25, 0.3) is 0 Å². The van der Waals surface area contributed by atoms with Crippen LogP contribution in [0.3, 0.4) is 0 Å². The van der Waals surface area contributed by atoms with Crippen molar-refractivity contribution < 1.29 is 23.1 Å². The van der Waals surface area contributed by atoms with E-state index in [2.05, 4.69) is 0 Å². The molecule has 0 spiro atoms. The number of amides is 1. The van der Waals surface area contributed by atoms with Gasteiger partial charge < -0.3 is 10.0 Å². The summed E-state index contributed by atoms with van der Waals surface area (Å²) in [5, 5.41) is 9.48. The average molecular weight is 376 g/mol. The third-order valence-electron chi connectivity index (χ3n) is 3.37. The van der Waals surface area contributed by atoms with Gasteiger partial charge in [0.1, 0.15) is 12.3 Å². The molecule has 0 saturated heterocycles. The van der Waals surface area contributed by atoms with Crippen molar-refractivity contribution in [1.29, 1.82) is 0 Å². The summed E-state index contributed by atoms with van der Waals surface area (Å²) in [7, 11) is -3.54. The third-order valence-corrected chi connectivity index (χ3v) is 5.22. The highest BCUT2D eigenvalue weighted by molar-refractivity contribution is 7.92. The maximum Gasteiger partial charge on any atom is 0.323 e. The minimum Gasteiger partial charge on any atom is -0.480 e. The Morgan fingerprint density at radius 3 is 2.33 bits per heavy atom. The third kappa shape index (κ3) is 7.79. The van der Waals surface area contributed by atoms with Gasteiger partial charge in [0.15, 0.2) is 9.84 Å². The lowest BCUT2D eigenvalue weighted by Crippen LogP contribution is -2.39. The molecule has 0 aliphatic carbocycles. The number of unbranched alkanes of at least 4 members (excludes halogenated alkanes) is 2. The molecule has 0 radical (unpaired) electrons. The Labute approximate surface area is 147 Å². The summed E-state index contributed by atoms with van der Waals surface area (Å²) in [6, 6.07) is 6.59. The topological polar surface area (TPSA) is 91.8 Å². The number of carbonyl (C=O) groups excluding carboxylic acids is 1. The van der Waals surface area contributed by atoms with Crippen LogP contribution in [0.4, 0.5) is 0 Å². The Morgan fingerprint density at radius 2 is 1.79 bits per heavy atom. The maximum absolute atomic E-state index is 12.3. The molecule has 0 bridgehead atoms. The first-order valence-electron chi connectivity index (χ1n) is 7.68. The molecule has 8 heteroatoms. The SMILES string of the molecule is CCCCCS(=O)(=O)CC(=O)N(CC(=O)O)Cc1ccc(Cl)cc1. The fraction of sp³-hybridized carbons (Fsp3) is 0.500. The average Bonchev–Trinajstić information content (AvgIpc) is 2.48.